The van der Waals surface area contributed by atoms with E-state index in [1.165, 1.54) is 0 Å². The lowest BCUT2D eigenvalue weighted by atomic mass is 10.2. The largest absolute Gasteiger partial charge is 0.381 e. The molecule has 12 heavy (non-hydrogen) atoms. The van der Waals surface area contributed by atoms with Crippen LogP contribution in [0.3, 0.4) is 0 Å². The van der Waals surface area contributed by atoms with Crippen LogP contribution in [-0.4, -0.2) is 31.0 Å². The molecule has 0 saturated heterocycles. The number of halogens is 1. The number of hydrogen-bond donors (Lipinski definition) is 1. The molecule has 4 heteroatoms. The highest BCUT2D eigenvalue weighted by Gasteiger charge is 2.25. The molecule has 1 amide bonds. The molecule has 0 aromatic carbocycles. The Labute approximate surface area is 77.4 Å². The van der Waals surface area contributed by atoms with Gasteiger partial charge in [0.25, 0.3) is 0 Å². The van der Waals surface area contributed by atoms with E-state index < -0.39 is 0 Å². The highest BCUT2D eigenvalue weighted by Crippen LogP contribution is 2.21. The Morgan fingerprint density at radius 1 is 1.67 bits per heavy atom. The first kappa shape index (κ1) is 9.81. The Morgan fingerprint density at radius 2 is 2.42 bits per heavy atom. The van der Waals surface area contributed by atoms with Gasteiger partial charge in [-0.15, -0.1) is 11.6 Å². The smallest absolute Gasteiger partial charge is 0.235 e. The van der Waals surface area contributed by atoms with Crippen molar-refractivity contribution in [2.24, 2.45) is 0 Å². The van der Waals surface area contributed by atoms with E-state index in [0.29, 0.717) is 6.10 Å². The van der Waals surface area contributed by atoms with Crippen LogP contribution in [0.5, 0.6) is 0 Å². The van der Waals surface area contributed by atoms with Gasteiger partial charge in [-0.1, -0.05) is 0 Å². The van der Waals surface area contributed by atoms with Gasteiger partial charge in [0.05, 0.1) is 6.10 Å². The Kier molecular flexibility index (Phi) is 3.82. The van der Waals surface area contributed by atoms with E-state index in [1.54, 1.807) is 7.11 Å². The quantitative estimate of drug-likeness (QED) is 0.674. The fraction of sp³-hybridized carbons (Fsp3) is 0.875. The Balaban J connectivity index is 2.23. The standard InChI is InChI=1S/C8H14ClNO2/c1-12-7-3-2-6(4-7)10-8(11)5-9/h6-7H,2-5H2,1H3,(H,10,11). The molecule has 0 aromatic rings. The van der Waals surface area contributed by atoms with Crippen molar-refractivity contribution < 1.29 is 9.53 Å². The minimum absolute atomic E-state index is 0.0498. The molecule has 0 radical (unpaired) electrons. The molecule has 0 aliphatic heterocycles. The first-order valence-electron chi connectivity index (χ1n) is 4.14. The molecule has 3 nitrogen and oxygen atoms in total. The van der Waals surface area contributed by atoms with Crippen LogP contribution in [0.4, 0.5) is 0 Å². The second-order valence-electron chi connectivity index (χ2n) is 3.07. The Morgan fingerprint density at radius 3 is 2.92 bits per heavy atom. The van der Waals surface area contributed by atoms with E-state index in [-0.39, 0.29) is 17.8 Å². The van der Waals surface area contributed by atoms with Crippen LogP contribution in [0, 0.1) is 0 Å². The summed E-state index contributed by atoms with van der Waals surface area (Å²) in [5, 5.41) is 2.84. The SMILES string of the molecule is COC1CCC(NC(=O)CCl)C1. The topological polar surface area (TPSA) is 38.3 Å². The molecule has 0 spiro atoms. The fourth-order valence-electron chi connectivity index (χ4n) is 1.55. The van der Waals surface area contributed by atoms with Crippen LogP contribution in [0.25, 0.3) is 0 Å². The van der Waals surface area contributed by atoms with Gasteiger partial charge in [0.2, 0.25) is 5.91 Å². The molecule has 1 fully saturated rings. The molecule has 1 aliphatic rings. The van der Waals surface area contributed by atoms with E-state index in [1.807, 2.05) is 0 Å². The van der Waals surface area contributed by atoms with Gasteiger partial charge in [0, 0.05) is 13.2 Å². The molecular weight excluding hydrogens is 178 g/mol. The third-order valence-corrected chi connectivity index (χ3v) is 2.45. The van der Waals surface area contributed by atoms with Crippen molar-refractivity contribution >= 4 is 17.5 Å². The summed E-state index contributed by atoms with van der Waals surface area (Å²) in [6.45, 7) is 0. The number of hydrogen-bond acceptors (Lipinski definition) is 2. The Hall–Kier alpha value is -0.280. The molecule has 70 valence electrons. The molecular formula is C8H14ClNO2. The highest BCUT2D eigenvalue weighted by molar-refractivity contribution is 6.27. The van der Waals surface area contributed by atoms with Crippen LogP contribution in [0.1, 0.15) is 19.3 Å². The number of alkyl halides is 1. The number of ether oxygens (including phenoxy) is 1. The van der Waals surface area contributed by atoms with Gasteiger partial charge in [-0.25, -0.2) is 0 Å². The summed E-state index contributed by atoms with van der Waals surface area (Å²) in [4.78, 5) is 10.9. The summed E-state index contributed by atoms with van der Waals surface area (Å²) in [5.41, 5.74) is 0. The molecule has 2 unspecified atom stereocenters. The lowest BCUT2D eigenvalue weighted by molar-refractivity contribution is -0.119. The van der Waals surface area contributed by atoms with Crippen molar-refractivity contribution in [3.63, 3.8) is 0 Å². The van der Waals surface area contributed by atoms with E-state index in [9.17, 15) is 4.79 Å². The van der Waals surface area contributed by atoms with Gasteiger partial charge in [-0.05, 0) is 19.3 Å². The van der Waals surface area contributed by atoms with Crippen LogP contribution in [0.2, 0.25) is 0 Å². The zero-order chi connectivity index (χ0) is 8.97. The predicted molar refractivity (Wildman–Crippen MR) is 47.3 cm³/mol. The van der Waals surface area contributed by atoms with Gasteiger partial charge < -0.3 is 10.1 Å². The normalized spacial score (nSPS) is 28.8. The predicted octanol–water partition coefficient (Wildman–Crippen LogP) is 0.909. The maximum Gasteiger partial charge on any atom is 0.235 e. The number of amides is 1. The molecule has 0 bridgehead atoms. The first-order chi connectivity index (χ1) is 5.76. The molecule has 0 heterocycles. The molecule has 1 N–H and O–H groups in total. The fourth-order valence-corrected chi connectivity index (χ4v) is 1.63. The van der Waals surface area contributed by atoms with Crippen molar-refractivity contribution in [2.75, 3.05) is 13.0 Å². The average molecular weight is 192 g/mol. The number of carbonyl (C=O) groups is 1. The van der Waals surface area contributed by atoms with Crippen molar-refractivity contribution in [3.05, 3.63) is 0 Å². The van der Waals surface area contributed by atoms with E-state index in [2.05, 4.69) is 5.32 Å². The summed E-state index contributed by atoms with van der Waals surface area (Å²) in [5.74, 6) is -0.0350. The summed E-state index contributed by atoms with van der Waals surface area (Å²) >= 11 is 5.36. The number of nitrogens with one attached hydrogen (secondary N) is 1. The van der Waals surface area contributed by atoms with Crippen LogP contribution in [-0.2, 0) is 9.53 Å². The third-order valence-electron chi connectivity index (χ3n) is 2.20. The van der Waals surface area contributed by atoms with Crippen molar-refractivity contribution in [1.82, 2.24) is 5.32 Å². The zero-order valence-corrected chi connectivity index (χ0v) is 7.93. The number of rotatable bonds is 3. The van der Waals surface area contributed by atoms with Gasteiger partial charge in [-0.3, -0.25) is 4.79 Å². The van der Waals surface area contributed by atoms with Gasteiger partial charge in [0.15, 0.2) is 0 Å². The van der Waals surface area contributed by atoms with Crippen molar-refractivity contribution in [1.29, 1.82) is 0 Å². The summed E-state index contributed by atoms with van der Waals surface area (Å²) in [6.07, 6.45) is 3.26. The minimum Gasteiger partial charge on any atom is -0.381 e. The second kappa shape index (κ2) is 4.67. The summed E-state index contributed by atoms with van der Waals surface area (Å²) in [6, 6.07) is 0.265. The minimum atomic E-state index is -0.0848. The molecule has 1 saturated carbocycles. The van der Waals surface area contributed by atoms with Crippen molar-refractivity contribution in [2.45, 2.75) is 31.4 Å². The monoisotopic (exact) mass is 191 g/mol. The first-order valence-corrected chi connectivity index (χ1v) is 4.68. The number of methoxy groups -OCH3 is 1. The average Bonchev–Trinajstić information content (AvgIpc) is 2.52. The zero-order valence-electron chi connectivity index (χ0n) is 7.18. The lowest BCUT2D eigenvalue weighted by Gasteiger charge is -2.11. The molecule has 1 aliphatic carbocycles. The van der Waals surface area contributed by atoms with Crippen LogP contribution >= 0.6 is 11.6 Å². The van der Waals surface area contributed by atoms with E-state index >= 15 is 0 Å². The molecule has 1 rings (SSSR count). The number of carbonyl (C=O) groups excluding carboxylic acids is 1. The van der Waals surface area contributed by atoms with E-state index in [0.717, 1.165) is 19.3 Å². The van der Waals surface area contributed by atoms with Gasteiger partial charge in [-0.2, -0.15) is 0 Å². The van der Waals surface area contributed by atoms with Crippen LogP contribution in [0.15, 0.2) is 0 Å². The van der Waals surface area contributed by atoms with Crippen molar-refractivity contribution in [3.8, 4) is 0 Å². The summed E-state index contributed by atoms with van der Waals surface area (Å²) < 4.78 is 5.17. The van der Waals surface area contributed by atoms with Gasteiger partial charge >= 0.3 is 0 Å². The van der Waals surface area contributed by atoms with E-state index in [4.69, 9.17) is 16.3 Å². The maximum atomic E-state index is 10.9. The molecule has 2 atom stereocenters. The highest BCUT2D eigenvalue weighted by atomic mass is 35.5. The van der Waals surface area contributed by atoms with Gasteiger partial charge in [0.1, 0.15) is 5.88 Å². The third kappa shape index (κ3) is 2.64. The lowest BCUT2D eigenvalue weighted by Crippen LogP contribution is -2.34. The second-order valence-corrected chi connectivity index (χ2v) is 3.34. The Bertz CT molecular complexity index is 163. The molecule has 0 aromatic heterocycles. The maximum absolute atomic E-state index is 10.9. The van der Waals surface area contributed by atoms with Crippen LogP contribution < -0.4 is 5.32 Å². The summed E-state index contributed by atoms with van der Waals surface area (Å²) in [7, 11) is 1.70.